The summed E-state index contributed by atoms with van der Waals surface area (Å²) in [5, 5.41) is 0. The fourth-order valence-corrected chi connectivity index (χ4v) is 6.70. The number of pyridine rings is 1. The van der Waals surface area contributed by atoms with E-state index in [4.69, 9.17) is 19.9 Å². The lowest BCUT2D eigenvalue weighted by atomic mass is 9.77. The Morgan fingerprint density at radius 1 is 0.592 bits per heavy atom. The second kappa shape index (κ2) is 12.6. The number of fused-ring (bicyclic) bond motifs is 1. The highest BCUT2D eigenvalue weighted by Gasteiger charge is 2.28. The molecular formula is C45H50N4. The van der Waals surface area contributed by atoms with Crippen LogP contribution >= 0.6 is 0 Å². The fourth-order valence-electron chi connectivity index (χ4n) is 6.70. The average Bonchev–Trinajstić information content (AvgIpc) is 3.03. The molecule has 2 aromatic heterocycles. The lowest BCUT2D eigenvalue weighted by Crippen LogP contribution is -2.21. The third-order valence-electron chi connectivity index (χ3n) is 9.48. The maximum atomic E-state index is 5.51. The van der Waals surface area contributed by atoms with Crippen LogP contribution in [0.3, 0.4) is 0 Å². The number of nitrogens with zero attached hydrogens (tertiary/aromatic N) is 4. The minimum absolute atomic E-state index is 0.0713. The largest absolute Gasteiger partial charge is 0.244 e. The van der Waals surface area contributed by atoms with Crippen LogP contribution in [0.25, 0.3) is 39.3 Å². The van der Waals surface area contributed by atoms with Crippen LogP contribution in [0.4, 0.5) is 5.82 Å². The van der Waals surface area contributed by atoms with E-state index in [-0.39, 0.29) is 16.2 Å². The lowest BCUT2D eigenvalue weighted by Gasteiger charge is -2.29. The summed E-state index contributed by atoms with van der Waals surface area (Å²) in [6, 6.07) is 27.7. The number of para-hydroxylation sites is 2. The maximum Gasteiger partial charge on any atom is 0.156 e. The minimum atomic E-state index is -0.171. The Balaban J connectivity index is 1.56. The molecule has 1 aliphatic rings. The summed E-state index contributed by atoms with van der Waals surface area (Å²) in [5.74, 6) is 0.738. The van der Waals surface area contributed by atoms with Crippen molar-refractivity contribution in [1.29, 1.82) is 0 Å². The quantitative estimate of drug-likeness (QED) is 0.195. The summed E-state index contributed by atoms with van der Waals surface area (Å²) in [4.78, 5) is 21.3. The van der Waals surface area contributed by atoms with Gasteiger partial charge in [0.2, 0.25) is 0 Å². The third-order valence-corrected chi connectivity index (χ3v) is 9.48. The Bertz CT molecular complexity index is 2140. The van der Waals surface area contributed by atoms with Crippen molar-refractivity contribution in [1.82, 2.24) is 15.0 Å². The highest BCUT2D eigenvalue weighted by atomic mass is 15.0. The molecule has 4 nitrogen and oxygen atoms in total. The maximum absolute atomic E-state index is 5.51. The topological polar surface area (TPSA) is 51.0 Å². The van der Waals surface area contributed by atoms with Gasteiger partial charge in [0.15, 0.2) is 5.82 Å². The van der Waals surface area contributed by atoms with Crippen molar-refractivity contribution >= 4 is 28.1 Å². The fraction of sp³-hybridized carbons (Fsp3) is 0.333. The average molecular weight is 647 g/mol. The molecule has 0 saturated heterocycles. The summed E-state index contributed by atoms with van der Waals surface area (Å²) in [6.45, 7) is 24.6. The van der Waals surface area contributed by atoms with E-state index in [1.165, 1.54) is 22.3 Å². The van der Waals surface area contributed by atoms with Gasteiger partial charge in [0.1, 0.15) is 5.69 Å². The first kappa shape index (κ1) is 34.2. The first-order valence-corrected chi connectivity index (χ1v) is 17.5. The Morgan fingerprint density at radius 2 is 1.22 bits per heavy atom. The molecule has 0 unspecified atom stereocenters. The van der Waals surface area contributed by atoms with Crippen molar-refractivity contribution < 1.29 is 0 Å². The van der Waals surface area contributed by atoms with Crippen molar-refractivity contribution in [3.8, 4) is 22.6 Å². The van der Waals surface area contributed by atoms with Gasteiger partial charge >= 0.3 is 0 Å². The number of hydrogen-bond donors (Lipinski definition) is 0. The first-order valence-electron chi connectivity index (χ1n) is 17.5. The predicted molar refractivity (Wildman–Crippen MR) is 209 cm³/mol. The number of aromatic nitrogens is 3. The van der Waals surface area contributed by atoms with Gasteiger partial charge < -0.3 is 0 Å². The predicted octanol–water partition coefficient (Wildman–Crippen LogP) is 12.1. The van der Waals surface area contributed by atoms with Crippen molar-refractivity contribution in [2.45, 2.75) is 93.4 Å². The number of allylic oxidation sites excluding steroid dienone is 4. The number of hydrogen-bond acceptors (Lipinski definition) is 4. The van der Waals surface area contributed by atoms with E-state index in [0.29, 0.717) is 0 Å². The standard InChI is InChI=1S/C45H50N4/c1-28-16-14-17-29(2)39(28)41-40(46-35-20-12-13-21-36(35)47-41)37-25-24-34(45(9,10)11)42(48-37)49-38-27-31(22-23-33(38)44(6,7)8)30-18-15-19-32(26-30)43(3,4)5/h12-26H,27H2,1-11H3/b49-38+. The van der Waals surface area contributed by atoms with Crippen LogP contribution in [0.1, 0.15) is 96.6 Å². The lowest BCUT2D eigenvalue weighted by molar-refractivity contribution is 0.523. The summed E-state index contributed by atoms with van der Waals surface area (Å²) < 4.78 is 0. The van der Waals surface area contributed by atoms with Crippen LogP contribution in [0, 0.1) is 19.3 Å². The van der Waals surface area contributed by atoms with Gasteiger partial charge in [0.25, 0.3) is 0 Å². The molecule has 0 atom stereocenters. The summed E-state index contributed by atoms with van der Waals surface area (Å²) in [5.41, 5.74) is 14.6. The van der Waals surface area contributed by atoms with Crippen LogP contribution in [-0.2, 0) is 10.8 Å². The number of benzene rings is 3. The Kier molecular flexibility index (Phi) is 8.81. The Morgan fingerprint density at radius 3 is 1.84 bits per heavy atom. The number of aryl methyl sites for hydroxylation is 2. The molecule has 0 aliphatic heterocycles. The van der Waals surface area contributed by atoms with Crippen molar-refractivity contribution in [3.63, 3.8) is 0 Å². The van der Waals surface area contributed by atoms with Gasteiger partial charge in [-0.3, -0.25) is 0 Å². The Hall–Kier alpha value is -4.70. The molecule has 0 bridgehead atoms. The summed E-state index contributed by atoms with van der Waals surface area (Å²) in [6.07, 6.45) is 5.29. The van der Waals surface area contributed by atoms with E-state index < -0.39 is 0 Å². The molecule has 4 heteroatoms. The molecule has 0 radical (unpaired) electrons. The third kappa shape index (κ3) is 7.06. The minimum Gasteiger partial charge on any atom is -0.244 e. The van der Waals surface area contributed by atoms with Gasteiger partial charge in [-0.15, -0.1) is 0 Å². The molecule has 6 rings (SSSR count). The molecule has 2 heterocycles. The van der Waals surface area contributed by atoms with E-state index in [1.807, 2.05) is 24.3 Å². The van der Waals surface area contributed by atoms with Gasteiger partial charge in [-0.05, 0) is 81.7 Å². The van der Waals surface area contributed by atoms with Crippen LogP contribution in [-0.4, -0.2) is 20.7 Å². The van der Waals surface area contributed by atoms with Gasteiger partial charge in [0.05, 0.1) is 28.1 Å². The highest BCUT2D eigenvalue weighted by molar-refractivity contribution is 6.10. The highest BCUT2D eigenvalue weighted by Crippen LogP contribution is 2.40. The smallest absolute Gasteiger partial charge is 0.156 e. The van der Waals surface area contributed by atoms with Crippen LogP contribution in [0.15, 0.2) is 102 Å². The molecule has 1 aliphatic carbocycles. The molecule has 0 fully saturated rings. The number of rotatable bonds is 4. The molecule has 3 aromatic carbocycles. The first-order chi connectivity index (χ1) is 23.0. The molecule has 0 amide bonds. The van der Waals surface area contributed by atoms with Crippen LogP contribution in [0.2, 0.25) is 0 Å². The van der Waals surface area contributed by atoms with E-state index in [1.54, 1.807) is 0 Å². The van der Waals surface area contributed by atoms with E-state index in [0.717, 1.165) is 68.3 Å². The zero-order chi connectivity index (χ0) is 35.3. The van der Waals surface area contributed by atoms with Crippen molar-refractivity contribution in [2.24, 2.45) is 10.4 Å². The molecule has 0 N–H and O–H groups in total. The zero-order valence-corrected chi connectivity index (χ0v) is 31.2. The van der Waals surface area contributed by atoms with E-state index >= 15 is 0 Å². The molecular weight excluding hydrogens is 597 g/mol. The second-order valence-corrected chi connectivity index (χ2v) is 16.6. The Labute approximate surface area is 293 Å². The monoisotopic (exact) mass is 646 g/mol. The second-order valence-electron chi connectivity index (χ2n) is 16.6. The van der Waals surface area contributed by atoms with Gasteiger partial charge in [-0.25, -0.2) is 19.9 Å². The summed E-state index contributed by atoms with van der Waals surface area (Å²) >= 11 is 0. The zero-order valence-electron chi connectivity index (χ0n) is 31.2. The van der Waals surface area contributed by atoms with E-state index in [2.05, 4.69) is 143 Å². The molecule has 250 valence electrons. The van der Waals surface area contributed by atoms with Crippen molar-refractivity contribution in [3.05, 3.63) is 124 Å². The summed E-state index contributed by atoms with van der Waals surface area (Å²) in [7, 11) is 0. The SMILES string of the molecule is Cc1cccc(C)c1-c1nc2ccccc2nc1-c1ccc(C(C)(C)C)c(/N=C2\CC(c3cccc(C(C)(C)C)c3)=CC=C2C(C)(C)C)n1. The normalized spacial score (nSPS) is 15.0. The molecule has 0 saturated carbocycles. The molecule has 5 aromatic rings. The van der Waals surface area contributed by atoms with Gasteiger partial charge in [-0.1, -0.05) is 135 Å². The van der Waals surface area contributed by atoms with Crippen molar-refractivity contribution in [2.75, 3.05) is 0 Å². The molecule has 0 spiro atoms. The van der Waals surface area contributed by atoms with Gasteiger partial charge in [-0.2, -0.15) is 0 Å². The van der Waals surface area contributed by atoms with Crippen LogP contribution < -0.4 is 0 Å². The van der Waals surface area contributed by atoms with E-state index in [9.17, 15) is 0 Å². The molecule has 49 heavy (non-hydrogen) atoms. The van der Waals surface area contributed by atoms with Crippen LogP contribution in [0.5, 0.6) is 0 Å². The number of aliphatic imine (C=N–C) groups is 1. The van der Waals surface area contributed by atoms with Gasteiger partial charge in [0, 0.05) is 17.5 Å².